The van der Waals surface area contributed by atoms with Gasteiger partial charge in [-0.25, -0.2) is 0 Å². The Morgan fingerprint density at radius 2 is 1.70 bits per heavy atom. The van der Waals surface area contributed by atoms with E-state index in [1.807, 2.05) is 0 Å². The number of aromatic hydroxyl groups is 3. The molecule has 2 aliphatic heterocycles. The van der Waals surface area contributed by atoms with Crippen LogP contribution in [0.2, 0.25) is 0 Å². The molecule has 15 nitrogen and oxygen atoms in total. The maximum absolute atomic E-state index is 13.3. The molecule has 0 saturated carbocycles. The van der Waals surface area contributed by atoms with E-state index >= 15 is 0 Å². The molecule has 3 heterocycles. The number of hydrogen-bond acceptors (Lipinski definition) is 15. The van der Waals surface area contributed by atoms with Crippen LogP contribution in [-0.2, 0) is 14.2 Å². The minimum atomic E-state index is -1.98. The Kier molecular flexibility index (Phi) is 7.28. The zero-order valence-electron chi connectivity index (χ0n) is 20.9. The molecule has 0 amide bonds. The Bertz CT molecular complexity index is 1490. The quantitative estimate of drug-likeness (QED) is 0.147. The average Bonchev–Trinajstić information content (AvgIpc) is 3.21. The molecule has 2 fully saturated rings. The summed E-state index contributed by atoms with van der Waals surface area (Å²) in [5.41, 5.74) is -3.60. The van der Waals surface area contributed by atoms with Crippen LogP contribution < -0.4 is 10.2 Å². The first kappa shape index (κ1) is 28.3. The fraction of sp³-hybridized carbons (Fsp3) is 0.480. The molecule has 9 N–H and O–H groups in total. The monoisotopic (exact) mass is 568 g/mol. The molecular formula is C25H28O15. The van der Waals surface area contributed by atoms with E-state index in [9.17, 15) is 50.8 Å². The van der Waals surface area contributed by atoms with Crippen molar-refractivity contribution in [3.05, 3.63) is 34.0 Å². The fourth-order valence-corrected chi connectivity index (χ4v) is 4.91. The largest absolute Gasteiger partial charge is 0.507 e. The molecule has 2 saturated heterocycles. The maximum Gasteiger partial charge on any atom is 0.204 e. The summed E-state index contributed by atoms with van der Waals surface area (Å²) in [6, 6.07) is 3.29. The van der Waals surface area contributed by atoms with E-state index in [1.54, 1.807) is 0 Å². The molecule has 218 valence electrons. The number of methoxy groups -OCH3 is 1. The van der Waals surface area contributed by atoms with Crippen LogP contribution in [0.15, 0.2) is 27.4 Å². The zero-order valence-corrected chi connectivity index (χ0v) is 20.9. The number of hydrogen-bond donors (Lipinski definition) is 9. The second-order valence-electron chi connectivity index (χ2n) is 9.77. The van der Waals surface area contributed by atoms with Crippen LogP contribution in [0.5, 0.6) is 23.0 Å². The third-order valence-corrected chi connectivity index (χ3v) is 7.26. The molecule has 8 unspecified atom stereocenters. The molecule has 2 aliphatic rings. The van der Waals surface area contributed by atoms with Crippen molar-refractivity contribution in [1.29, 1.82) is 0 Å². The molecule has 40 heavy (non-hydrogen) atoms. The first-order chi connectivity index (χ1) is 18.9. The van der Waals surface area contributed by atoms with E-state index in [4.69, 9.17) is 23.4 Å². The topological polar surface area (TPSA) is 249 Å². The van der Waals surface area contributed by atoms with E-state index in [1.165, 1.54) is 13.2 Å². The maximum atomic E-state index is 13.3. The number of fused-ring (bicyclic) bond motifs is 2. The van der Waals surface area contributed by atoms with Crippen LogP contribution in [0.1, 0.15) is 11.7 Å². The average molecular weight is 568 g/mol. The van der Waals surface area contributed by atoms with Crippen molar-refractivity contribution in [1.82, 2.24) is 0 Å². The van der Waals surface area contributed by atoms with Crippen LogP contribution in [-0.4, -0.2) is 115 Å². The van der Waals surface area contributed by atoms with Crippen molar-refractivity contribution < 1.29 is 69.3 Å². The van der Waals surface area contributed by atoms with Crippen molar-refractivity contribution in [2.45, 2.75) is 48.5 Å². The Morgan fingerprint density at radius 1 is 1.00 bits per heavy atom. The van der Waals surface area contributed by atoms with Gasteiger partial charge in [0.15, 0.2) is 17.8 Å². The Hall–Kier alpha value is -3.25. The molecule has 1 aromatic heterocycles. The van der Waals surface area contributed by atoms with Crippen molar-refractivity contribution in [3.8, 4) is 23.0 Å². The molecule has 3 aromatic rings. The van der Waals surface area contributed by atoms with Gasteiger partial charge >= 0.3 is 0 Å². The number of phenols is 3. The lowest BCUT2D eigenvalue weighted by atomic mass is 9.89. The summed E-state index contributed by atoms with van der Waals surface area (Å²) in [7, 11) is 1.27. The minimum absolute atomic E-state index is 0.0441. The van der Waals surface area contributed by atoms with Crippen LogP contribution >= 0.6 is 0 Å². The standard InChI is InChI=1S/C25H28O15/c1-36-12-2-8-11(3-9(12)27)39-13-4-10(28)15(19(31)16(13)17(8)29)22-21(33)20(32)18(30)14(40-22)5-37-24-23(34)25(35,6-26)7-38-24/h2-4,14,18,20-24,26-28,30-35H,5-7H2,1H3. The highest BCUT2D eigenvalue weighted by molar-refractivity contribution is 5.96. The summed E-state index contributed by atoms with van der Waals surface area (Å²) in [4.78, 5) is 13.3. The van der Waals surface area contributed by atoms with Crippen molar-refractivity contribution in [3.63, 3.8) is 0 Å². The van der Waals surface area contributed by atoms with Gasteiger partial charge in [-0.3, -0.25) is 4.79 Å². The number of aliphatic hydroxyl groups is 6. The molecule has 2 aromatic carbocycles. The number of phenolic OH excluding ortho intramolecular Hbond substituents is 3. The summed E-state index contributed by atoms with van der Waals surface area (Å²) in [5.74, 6) is -1.90. The summed E-state index contributed by atoms with van der Waals surface area (Å²) in [6.07, 6.45) is -11.8. The first-order valence-electron chi connectivity index (χ1n) is 12.1. The Morgan fingerprint density at radius 3 is 2.35 bits per heavy atom. The third kappa shape index (κ3) is 4.41. The molecule has 15 heteroatoms. The molecule has 5 rings (SSSR count). The van der Waals surface area contributed by atoms with Gasteiger partial charge in [-0.05, 0) is 6.07 Å². The summed E-state index contributed by atoms with van der Waals surface area (Å²) < 4.78 is 26.8. The summed E-state index contributed by atoms with van der Waals surface area (Å²) in [5, 5.41) is 92.6. The highest BCUT2D eigenvalue weighted by Gasteiger charge is 2.50. The second-order valence-corrected chi connectivity index (χ2v) is 9.77. The minimum Gasteiger partial charge on any atom is -0.507 e. The Balaban J connectivity index is 1.51. The van der Waals surface area contributed by atoms with E-state index < -0.39 is 96.2 Å². The molecule has 0 bridgehead atoms. The van der Waals surface area contributed by atoms with Crippen LogP contribution in [0, 0.1) is 0 Å². The van der Waals surface area contributed by atoms with Gasteiger partial charge in [0.05, 0.1) is 37.9 Å². The van der Waals surface area contributed by atoms with Gasteiger partial charge in [-0.1, -0.05) is 0 Å². The van der Waals surface area contributed by atoms with E-state index in [0.29, 0.717) is 0 Å². The van der Waals surface area contributed by atoms with Crippen molar-refractivity contribution >= 4 is 21.9 Å². The predicted octanol–water partition coefficient (Wildman–Crippen LogP) is -1.95. The third-order valence-electron chi connectivity index (χ3n) is 7.26. The van der Waals surface area contributed by atoms with Crippen LogP contribution in [0.4, 0.5) is 0 Å². The smallest absolute Gasteiger partial charge is 0.204 e. The SMILES string of the molecule is COc1cc2c(=O)c3c(O)c(C4OC(COC5OCC(O)(CO)C5O)C(O)C(O)C4O)c(O)cc3oc2cc1O. The summed E-state index contributed by atoms with van der Waals surface area (Å²) in [6.45, 7) is -1.84. The number of rotatable bonds is 6. The predicted molar refractivity (Wildman–Crippen MR) is 131 cm³/mol. The number of benzene rings is 2. The number of ether oxygens (including phenoxy) is 4. The lowest BCUT2D eigenvalue weighted by molar-refractivity contribution is -0.253. The van der Waals surface area contributed by atoms with Gasteiger partial charge in [0.1, 0.15) is 70.3 Å². The van der Waals surface area contributed by atoms with Crippen molar-refractivity contribution in [2.75, 3.05) is 26.9 Å². The van der Waals surface area contributed by atoms with E-state index in [2.05, 4.69) is 0 Å². The van der Waals surface area contributed by atoms with Gasteiger partial charge < -0.3 is 69.3 Å². The van der Waals surface area contributed by atoms with Gasteiger partial charge in [-0.2, -0.15) is 0 Å². The van der Waals surface area contributed by atoms with Gasteiger partial charge in [0, 0.05) is 12.1 Å². The highest BCUT2D eigenvalue weighted by Crippen LogP contribution is 2.45. The van der Waals surface area contributed by atoms with Crippen LogP contribution in [0.3, 0.4) is 0 Å². The van der Waals surface area contributed by atoms with Gasteiger partial charge in [0.25, 0.3) is 0 Å². The van der Waals surface area contributed by atoms with Crippen LogP contribution in [0.25, 0.3) is 21.9 Å². The molecule has 0 spiro atoms. The fourth-order valence-electron chi connectivity index (χ4n) is 4.91. The summed E-state index contributed by atoms with van der Waals surface area (Å²) >= 11 is 0. The van der Waals surface area contributed by atoms with Gasteiger partial charge in [-0.15, -0.1) is 0 Å². The number of aliphatic hydroxyl groups excluding tert-OH is 5. The van der Waals surface area contributed by atoms with E-state index in [-0.39, 0.29) is 28.1 Å². The highest BCUT2D eigenvalue weighted by atomic mass is 16.7. The first-order valence-corrected chi connectivity index (χ1v) is 12.1. The lowest BCUT2D eigenvalue weighted by Gasteiger charge is -2.41. The van der Waals surface area contributed by atoms with E-state index in [0.717, 1.165) is 12.1 Å². The second kappa shape index (κ2) is 10.3. The normalized spacial score (nSPS) is 32.6. The van der Waals surface area contributed by atoms with Gasteiger partial charge in [0.2, 0.25) is 5.43 Å². The zero-order chi connectivity index (χ0) is 29.1. The molecule has 8 atom stereocenters. The molecular weight excluding hydrogens is 540 g/mol. The molecule has 0 aliphatic carbocycles. The lowest BCUT2D eigenvalue weighted by Crippen LogP contribution is -2.56. The molecule has 0 radical (unpaired) electrons. The Labute approximate surface area is 224 Å². The van der Waals surface area contributed by atoms with Crippen molar-refractivity contribution in [2.24, 2.45) is 0 Å².